The van der Waals surface area contributed by atoms with Gasteiger partial charge in [-0.1, -0.05) is 53.6 Å². The Balaban J connectivity index is 1.64. The molecule has 0 aliphatic rings. The summed E-state index contributed by atoms with van der Waals surface area (Å²) >= 11 is 0. The zero-order valence-electron chi connectivity index (χ0n) is 13.4. The van der Waals surface area contributed by atoms with Crippen LogP contribution in [-0.4, -0.2) is 18.6 Å². The monoisotopic (exact) mass is 358 g/mol. The minimum absolute atomic E-state index is 0.114. The van der Waals surface area contributed by atoms with Gasteiger partial charge in [-0.05, 0) is 30.5 Å². The van der Waals surface area contributed by atoms with Gasteiger partial charge in [0.2, 0.25) is 5.89 Å². The quantitative estimate of drug-likeness (QED) is 0.671. The Labute approximate surface area is 145 Å². The third-order valence-corrected chi connectivity index (χ3v) is 4.96. The molecule has 1 atom stereocenters. The number of benzene rings is 2. The molecule has 0 aliphatic carbocycles. The molecule has 0 fully saturated rings. The summed E-state index contributed by atoms with van der Waals surface area (Å²) < 4.78 is 32.1. The van der Waals surface area contributed by atoms with Crippen molar-refractivity contribution in [2.75, 3.05) is 4.72 Å². The van der Waals surface area contributed by atoms with Gasteiger partial charge in [0.05, 0.1) is 10.9 Å². The number of sulfonamides is 1. The van der Waals surface area contributed by atoms with Gasteiger partial charge in [-0.3, -0.25) is 0 Å². The normalized spacial score (nSPS) is 12.7. The molecule has 0 aliphatic heterocycles. The topological polar surface area (TPSA) is 111 Å². The van der Waals surface area contributed by atoms with Gasteiger partial charge in [0.15, 0.2) is 0 Å². The predicted octanol–water partition coefficient (Wildman–Crippen LogP) is 2.50. The van der Waals surface area contributed by atoms with E-state index >= 15 is 0 Å². The van der Waals surface area contributed by atoms with Crippen molar-refractivity contribution in [3.63, 3.8) is 0 Å². The number of rotatable bonds is 7. The SMILES string of the molecule is NC(CCc1ccccc1)c1nnc(NS(=O)(=O)c2ccccc2)o1. The van der Waals surface area contributed by atoms with Crippen molar-refractivity contribution in [3.05, 3.63) is 72.1 Å². The number of hydrogen-bond donors (Lipinski definition) is 2. The van der Waals surface area contributed by atoms with E-state index in [-0.39, 0.29) is 16.8 Å². The standard InChI is InChI=1S/C17H18N4O3S/c18-15(12-11-13-7-3-1-4-8-13)16-19-20-17(24-16)21-25(22,23)14-9-5-2-6-10-14/h1-10,15H,11-12,18H2,(H,20,21). The first-order valence-electron chi connectivity index (χ1n) is 7.75. The summed E-state index contributed by atoms with van der Waals surface area (Å²) in [6.07, 6.45) is 1.37. The summed E-state index contributed by atoms with van der Waals surface area (Å²) in [5.41, 5.74) is 7.21. The molecule has 0 saturated carbocycles. The van der Waals surface area contributed by atoms with Crippen LogP contribution in [0.5, 0.6) is 0 Å². The zero-order chi connectivity index (χ0) is 17.7. The Morgan fingerprint density at radius 1 is 1.00 bits per heavy atom. The summed E-state index contributed by atoms with van der Waals surface area (Å²) in [7, 11) is -3.77. The van der Waals surface area contributed by atoms with E-state index in [2.05, 4.69) is 14.9 Å². The van der Waals surface area contributed by atoms with Gasteiger partial charge in [-0.15, -0.1) is 5.10 Å². The van der Waals surface area contributed by atoms with Crippen LogP contribution in [-0.2, 0) is 16.4 Å². The molecule has 7 nitrogen and oxygen atoms in total. The van der Waals surface area contributed by atoms with Crippen LogP contribution in [0.4, 0.5) is 6.01 Å². The highest BCUT2D eigenvalue weighted by Gasteiger charge is 2.19. The molecule has 130 valence electrons. The molecule has 3 rings (SSSR count). The fraction of sp³-hybridized carbons (Fsp3) is 0.176. The number of nitrogens with zero attached hydrogens (tertiary/aromatic N) is 2. The maximum absolute atomic E-state index is 12.2. The summed E-state index contributed by atoms with van der Waals surface area (Å²) in [4.78, 5) is 0.114. The summed E-state index contributed by atoms with van der Waals surface area (Å²) in [6, 6.07) is 17.2. The van der Waals surface area contributed by atoms with Gasteiger partial charge in [0.25, 0.3) is 10.0 Å². The molecule has 1 unspecified atom stereocenters. The van der Waals surface area contributed by atoms with Crippen molar-refractivity contribution in [2.24, 2.45) is 5.73 Å². The molecule has 0 amide bonds. The second kappa shape index (κ2) is 7.45. The van der Waals surface area contributed by atoms with Crippen LogP contribution in [0.15, 0.2) is 70.0 Å². The van der Waals surface area contributed by atoms with E-state index in [0.29, 0.717) is 6.42 Å². The average Bonchev–Trinajstić information content (AvgIpc) is 3.09. The number of nitrogens with one attached hydrogen (secondary N) is 1. The number of anilines is 1. The Kier molecular flexibility index (Phi) is 5.11. The fourth-order valence-corrected chi connectivity index (χ4v) is 3.24. The third kappa shape index (κ3) is 4.43. The van der Waals surface area contributed by atoms with Gasteiger partial charge < -0.3 is 10.2 Å². The minimum Gasteiger partial charge on any atom is -0.406 e. The van der Waals surface area contributed by atoms with Crippen LogP contribution in [0.1, 0.15) is 23.9 Å². The van der Waals surface area contributed by atoms with Crippen LogP contribution < -0.4 is 10.5 Å². The molecule has 25 heavy (non-hydrogen) atoms. The van der Waals surface area contributed by atoms with Crippen molar-refractivity contribution in [2.45, 2.75) is 23.8 Å². The molecular formula is C17H18N4O3S. The molecule has 3 aromatic rings. The van der Waals surface area contributed by atoms with Gasteiger partial charge in [-0.25, -0.2) is 13.1 Å². The molecule has 0 saturated heterocycles. The van der Waals surface area contributed by atoms with E-state index in [0.717, 1.165) is 12.0 Å². The predicted molar refractivity (Wildman–Crippen MR) is 93.2 cm³/mol. The minimum atomic E-state index is -3.77. The second-order valence-corrected chi connectivity index (χ2v) is 7.18. The maximum atomic E-state index is 12.2. The number of nitrogens with two attached hydrogens (primary N) is 1. The number of aromatic nitrogens is 2. The average molecular weight is 358 g/mol. The van der Waals surface area contributed by atoms with Gasteiger partial charge >= 0.3 is 6.01 Å². The highest BCUT2D eigenvalue weighted by molar-refractivity contribution is 7.92. The van der Waals surface area contributed by atoms with Gasteiger partial charge in [0, 0.05) is 0 Å². The molecular weight excluding hydrogens is 340 g/mol. The Hall–Kier alpha value is -2.71. The highest BCUT2D eigenvalue weighted by atomic mass is 32.2. The third-order valence-electron chi connectivity index (χ3n) is 3.62. The summed E-state index contributed by atoms with van der Waals surface area (Å²) in [5.74, 6) is 0.196. The molecule has 1 aromatic heterocycles. The largest absolute Gasteiger partial charge is 0.406 e. The highest BCUT2D eigenvalue weighted by Crippen LogP contribution is 2.19. The van der Waals surface area contributed by atoms with E-state index in [4.69, 9.17) is 10.2 Å². The van der Waals surface area contributed by atoms with Gasteiger partial charge in [0.1, 0.15) is 0 Å². The van der Waals surface area contributed by atoms with Gasteiger partial charge in [-0.2, -0.15) is 0 Å². The first-order chi connectivity index (χ1) is 12.0. The lowest BCUT2D eigenvalue weighted by Crippen LogP contribution is -2.13. The maximum Gasteiger partial charge on any atom is 0.329 e. The molecule has 0 spiro atoms. The molecule has 8 heteroatoms. The summed E-state index contributed by atoms with van der Waals surface area (Å²) in [5, 5.41) is 7.55. The molecule has 0 radical (unpaired) electrons. The Bertz CT molecular complexity index is 911. The first-order valence-corrected chi connectivity index (χ1v) is 9.24. The smallest absolute Gasteiger partial charge is 0.329 e. The summed E-state index contributed by atoms with van der Waals surface area (Å²) in [6.45, 7) is 0. The van der Waals surface area contributed by atoms with Crippen molar-refractivity contribution in [1.82, 2.24) is 10.2 Å². The Morgan fingerprint density at radius 3 is 2.32 bits per heavy atom. The van der Waals surface area contributed by atoms with Crippen molar-refractivity contribution in [3.8, 4) is 0 Å². The second-order valence-electron chi connectivity index (χ2n) is 5.49. The fourth-order valence-electron chi connectivity index (χ4n) is 2.29. The van der Waals surface area contributed by atoms with E-state index in [1.807, 2.05) is 30.3 Å². The first kappa shape index (κ1) is 17.1. The van der Waals surface area contributed by atoms with E-state index in [9.17, 15) is 8.42 Å². The number of hydrogen-bond acceptors (Lipinski definition) is 6. The number of aryl methyl sites for hydroxylation is 1. The van der Waals surface area contributed by atoms with Crippen LogP contribution in [0.3, 0.4) is 0 Å². The van der Waals surface area contributed by atoms with Crippen LogP contribution in [0.25, 0.3) is 0 Å². The van der Waals surface area contributed by atoms with Crippen LogP contribution in [0.2, 0.25) is 0 Å². The Morgan fingerprint density at radius 2 is 1.64 bits per heavy atom. The molecule has 3 N–H and O–H groups in total. The van der Waals surface area contributed by atoms with Crippen LogP contribution >= 0.6 is 0 Å². The lowest BCUT2D eigenvalue weighted by molar-refractivity contribution is 0.446. The van der Waals surface area contributed by atoms with Crippen molar-refractivity contribution < 1.29 is 12.8 Å². The lowest BCUT2D eigenvalue weighted by Gasteiger charge is -2.07. The van der Waals surface area contributed by atoms with Crippen molar-refractivity contribution in [1.29, 1.82) is 0 Å². The van der Waals surface area contributed by atoms with Crippen molar-refractivity contribution >= 4 is 16.0 Å². The van der Waals surface area contributed by atoms with E-state index < -0.39 is 16.1 Å². The molecule has 1 heterocycles. The van der Waals surface area contributed by atoms with E-state index in [1.54, 1.807) is 18.2 Å². The molecule has 2 aromatic carbocycles. The zero-order valence-corrected chi connectivity index (χ0v) is 14.2. The lowest BCUT2D eigenvalue weighted by atomic mass is 10.1. The van der Waals surface area contributed by atoms with Crippen LogP contribution in [0, 0.1) is 0 Å². The molecule has 0 bridgehead atoms. The van der Waals surface area contributed by atoms with E-state index in [1.165, 1.54) is 12.1 Å².